The lowest BCUT2D eigenvalue weighted by atomic mass is 10.00. The molecule has 0 amide bonds. The van der Waals surface area contributed by atoms with Crippen LogP contribution in [-0.4, -0.2) is 12.8 Å². The van der Waals surface area contributed by atoms with E-state index in [0.29, 0.717) is 11.0 Å². The molecule has 2 nitrogen and oxygen atoms in total. The molecule has 0 aliphatic heterocycles. The van der Waals surface area contributed by atoms with E-state index >= 15 is 0 Å². The van der Waals surface area contributed by atoms with E-state index in [1.54, 1.807) is 0 Å². The van der Waals surface area contributed by atoms with Crippen LogP contribution in [0.4, 0.5) is 5.13 Å². The van der Waals surface area contributed by atoms with Gasteiger partial charge < -0.3 is 5.73 Å². The minimum absolute atomic E-state index is 0.568. The van der Waals surface area contributed by atoms with Gasteiger partial charge in [0.1, 0.15) is 7.85 Å². The minimum Gasteiger partial charge on any atom is -0.375 e. The molecule has 0 aromatic carbocycles. The molecule has 2 radical (unpaired) electrons. The number of anilines is 1. The maximum Gasteiger partial charge on any atom is 0.179 e. The zero-order chi connectivity index (χ0) is 8.43. The molecule has 1 aromatic rings. The molecule has 0 unspecified atom stereocenters. The fourth-order valence-electron chi connectivity index (χ4n) is 0.915. The molecule has 0 atom stereocenters. The summed E-state index contributed by atoms with van der Waals surface area (Å²) in [5, 5.41) is 0.568. The third kappa shape index (κ3) is 2.22. The quantitative estimate of drug-likeness (QED) is 0.657. The van der Waals surface area contributed by atoms with Crippen molar-refractivity contribution in [2.24, 2.45) is 5.92 Å². The molecule has 0 saturated carbocycles. The molecule has 0 fully saturated rings. The largest absolute Gasteiger partial charge is 0.375 e. The first-order chi connectivity index (χ1) is 5.09. The van der Waals surface area contributed by atoms with Crippen LogP contribution in [0.1, 0.15) is 19.5 Å². The minimum atomic E-state index is 0.568. The molecule has 2 N–H and O–H groups in total. The highest BCUT2D eigenvalue weighted by atomic mass is 32.1. The van der Waals surface area contributed by atoms with Crippen molar-refractivity contribution >= 4 is 29.1 Å². The van der Waals surface area contributed by atoms with Gasteiger partial charge >= 0.3 is 0 Å². The van der Waals surface area contributed by atoms with Gasteiger partial charge in [0.2, 0.25) is 0 Å². The van der Waals surface area contributed by atoms with Gasteiger partial charge in [-0.2, -0.15) is 0 Å². The second-order valence-electron chi connectivity index (χ2n) is 2.96. The summed E-state index contributed by atoms with van der Waals surface area (Å²) in [6.45, 7) is 4.27. The molecule has 1 rings (SSSR count). The summed E-state index contributed by atoms with van der Waals surface area (Å²) in [7, 11) is 5.67. The highest BCUT2D eigenvalue weighted by molar-refractivity contribution is 7.23. The molecule has 4 heteroatoms. The number of thiazole rings is 1. The SMILES string of the molecule is [B]c1sc(N)nc1CC(C)C. The molecule has 0 aliphatic carbocycles. The van der Waals surface area contributed by atoms with Gasteiger partial charge in [-0.1, -0.05) is 13.8 Å². The van der Waals surface area contributed by atoms with E-state index in [9.17, 15) is 0 Å². The molecule has 11 heavy (non-hydrogen) atoms. The van der Waals surface area contributed by atoms with Crippen LogP contribution >= 0.6 is 11.3 Å². The van der Waals surface area contributed by atoms with Gasteiger partial charge in [0, 0.05) is 5.69 Å². The van der Waals surface area contributed by atoms with Crippen LogP contribution in [0.5, 0.6) is 0 Å². The molecular weight excluding hydrogens is 155 g/mol. The van der Waals surface area contributed by atoms with Crippen molar-refractivity contribution in [3.63, 3.8) is 0 Å². The van der Waals surface area contributed by atoms with Crippen LogP contribution in [0.2, 0.25) is 0 Å². The Balaban J connectivity index is 2.77. The lowest BCUT2D eigenvalue weighted by Crippen LogP contribution is -2.07. The van der Waals surface area contributed by atoms with Crippen LogP contribution in [-0.2, 0) is 6.42 Å². The summed E-state index contributed by atoms with van der Waals surface area (Å²) in [5.74, 6) is 0.582. The first kappa shape index (κ1) is 8.59. The van der Waals surface area contributed by atoms with E-state index < -0.39 is 0 Å². The van der Waals surface area contributed by atoms with Crippen LogP contribution in [0.3, 0.4) is 0 Å². The second kappa shape index (κ2) is 3.26. The molecule has 1 heterocycles. The lowest BCUT2D eigenvalue weighted by Gasteiger charge is -2.00. The van der Waals surface area contributed by atoms with Crippen molar-refractivity contribution in [2.75, 3.05) is 5.73 Å². The smallest absolute Gasteiger partial charge is 0.179 e. The third-order valence-corrected chi connectivity index (χ3v) is 2.10. The van der Waals surface area contributed by atoms with Gasteiger partial charge in [-0.25, -0.2) is 4.98 Å². The molecule has 0 bridgehead atoms. The Bertz CT molecular complexity index is 245. The maximum absolute atomic E-state index is 5.67. The summed E-state index contributed by atoms with van der Waals surface area (Å²) in [4.78, 5) is 4.12. The van der Waals surface area contributed by atoms with Crippen molar-refractivity contribution < 1.29 is 0 Å². The number of aromatic nitrogens is 1. The Morgan fingerprint density at radius 2 is 2.27 bits per heavy atom. The first-order valence-electron chi connectivity index (χ1n) is 3.60. The Morgan fingerprint density at radius 1 is 1.64 bits per heavy atom. The number of hydrogen-bond acceptors (Lipinski definition) is 3. The summed E-state index contributed by atoms with van der Waals surface area (Å²) in [6.07, 6.45) is 0.916. The molecular formula is C7H11BN2S. The van der Waals surface area contributed by atoms with Gasteiger partial charge in [-0.05, 0) is 17.1 Å². The predicted octanol–water partition coefficient (Wildman–Crippen LogP) is 0.718. The second-order valence-corrected chi connectivity index (χ2v) is 4.02. The van der Waals surface area contributed by atoms with E-state index in [-0.39, 0.29) is 0 Å². The maximum atomic E-state index is 5.67. The number of hydrogen-bond donors (Lipinski definition) is 1. The topological polar surface area (TPSA) is 38.9 Å². The number of nitrogens with two attached hydrogens (primary N) is 1. The monoisotopic (exact) mass is 166 g/mol. The Kier molecular flexibility index (Phi) is 2.55. The van der Waals surface area contributed by atoms with Crippen molar-refractivity contribution in [3.8, 4) is 0 Å². The van der Waals surface area contributed by atoms with E-state index in [0.717, 1.165) is 16.9 Å². The Labute approximate surface area is 72.2 Å². The molecule has 0 saturated heterocycles. The highest BCUT2D eigenvalue weighted by Crippen LogP contribution is 2.10. The fourth-order valence-corrected chi connectivity index (χ4v) is 1.54. The third-order valence-electron chi connectivity index (χ3n) is 1.35. The highest BCUT2D eigenvalue weighted by Gasteiger charge is 2.05. The van der Waals surface area contributed by atoms with Crippen LogP contribution in [0, 0.1) is 5.92 Å². The van der Waals surface area contributed by atoms with Gasteiger partial charge in [0.15, 0.2) is 5.13 Å². The molecule has 58 valence electrons. The van der Waals surface area contributed by atoms with Crippen LogP contribution in [0.25, 0.3) is 0 Å². The van der Waals surface area contributed by atoms with Gasteiger partial charge in [0.05, 0.1) is 0 Å². The predicted molar refractivity (Wildman–Crippen MR) is 50.5 cm³/mol. The zero-order valence-corrected chi connectivity index (χ0v) is 7.61. The van der Waals surface area contributed by atoms with Crippen LogP contribution in [0.15, 0.2) is 0 Å². The van der Waals surface area contributed by atoms with E-state index in [4.69, 9.17) is 13.6 Å². The molecule has 0 aliphatic rings. The van der Waals surface area contributed by atoms with Crippen molar-refractivity contribution in [1.82, 2.24) is 4.98 Å². The number of nitrogen functional groups attached to an aromatic ring is 1. The molecule has 0 spiro atoms. The van der Waals surface area contributed by atoms with E-state index in [2.05, 4.69) is 18.8 Å². The van der Waals surface area contributed by atoms with Crippen molar-refractivity contribution in [1.29, 1.82) is 0 Å². The summed E-state index contributed by atoms with van der Waals surface area (Å²) in [5.41, 5.74) is 6.43. The Hall–Kier alpha value is -0.505. The standard InChI is InChI=1S/C7H11BN2S/c1-4(2)3-5-6(8)11-7(9)10-5/h4H,3H2,1-2H3,(H2,9,10). The Morgan fingerprint density at radius 3 is 2.64 bits per heavy atom. The van der Waals surface area contributed by atoms with Gasteiger partial charge in [0.25, 0.3) is 0 Å². The van der Waals surface area contributed by atoms with Crippen molar-refractivity contribution in [2.45, 2.75) is 20.3 Å². The average Bonchev–Trinajstić information content (AvgIpc) is 2.09. The van der Waals surface area contributed by atoms with Gasteiger partial charge in [-0.15, -0.1) is 11.3 Å². The summed E-state index contributed by atoms with van der Waals surface area (Å²) < 4.78 is 0.760. The normalized spacial score (nSPS) is 10.8. The fraction of sp³-hybridized carbons (Fsp3) is 0.571. The molecule has 1 aromatic heterocycles. The zero-order valence-electron chi connectivity index (χ0n) is 6.79. The number of rotatable bonds is 2. The van der Waals surface area contributed by atoms with Crippen molar-refractivity contribution in [3.05, 3.63) is 5.69 Å². The number of nitrogens with zero attached hydrogens (tertiary/aromatic N) is 1. The lowest BCUT2D eigenvalue weighted by molar-refractivity contribution is 0.640. The summed E-state index contributed by atoms with van der Waals surface area (Å²) >= 11 is 1.36. The average molecular weight is 166 g/mol. The summed E-state index contributed by atoms with van der Waals surface area (Å²) in [6, 6.07) is 0. The van der Waals surface area contributed by atoms with Gasteiger partial charge in [-0.3, -0.25) is 0 Å². The van der Waals surface area contributed by atoms with Crippen LogP contribution < -0.4 is 10.5 Å². The first-order valence-corrected chi connectivity index (χ1v) is 4.42. The van der Waals surface area contributed by atoms with E-state index in [1.807, 2.05) is 0 Å². The van der Waals surface area contributed by atoms with E-state index in [1.165, 1.54) is 11.3 Å².